The molecule has 3 aromatic rings. The molecular weight excluding hydrogens is 456 g/mol. The lowest BCUT2D eigenvalue weighted by molar-refractivity contribution is -0.145. The van der Waals surface area contributed by atoms with Crippen molar-refractivity contribution in [2.45, 2.75) is 19.4 Å². The average molecular weight is 476 g/mol. The summed E-state index contributed by atoms with van der Waals surface area (Å²) in [5.74, 6) is 1.78. The van der Waals surface area contributed by atoms with Crippen molar-refractivity contribution in [3.8, 4) is 17.2 Å². The van der Waals surface area contributed by atoms with E-state index in [1.165, 1.54) is 0 Å². The SMILES string of the molecule is O=C(CCCOc1ccc(Br)cc1Cl)OCc1cccc(Oc2ccccc2)c1. The Hall–Kier alpha value is -2.50. The number of halogens is 2. The van der Waals surface area contributed by atoms with Crippen LogP contribution in [0, 0.1) is 0 Å². The highest BCUT2D eigenvalue weighted by Crippen LogP contribution is 2.28. The lowest BCUT2D eigenvalue weighted by Gasteiger charge is -2.09. The van der Waals surface area contributed by atoms with Gasteiger partial charge in [-0.25, -0.2) is 0 Å². The van der Waals surface area contributed by atoms with Crippen molar-refractivity contribution in [1.82, 2.24) is 0 Å². The molecule has 0 aliphatic carbocycles. The Morgan fingerprint density at radius 2 is 1.72 bits per heavy atom. The van der Waals surface area contributed by atoms with Crippen LogP contribution in [0.5, 0.6) is 17.2 Å². The zero-order valence-corrected chi connectivity index (χ0v) is 18.0. The average Bonchev–Trinajstić information content (AvgIpc) is 2.72. The fourth-order valence-electron chi connectivity index (χ4n) is 2.55. The molecule has 0 aliphatic heterocycles. The number of ether oxygens (including phenoxy) is 3. The number of benzene rings is 3. The van der Waals surface area contributed by atoms with Crippen LogP contribution < -0.4 is 9.47 Å². The Labute approximate surface area is 183 Å². The Morgan fingerprint density at radius 1 is 0.931 bits per heavy atom. The monoisotopic (exact) mass is 474 g/mol. The molecule has 0 heterocycles. The predicted octanol–water partition coefficient (Wildman–Crippen LogP) is 6.80. The molecule has 0 spiro atoms. The number of esters is 1. The second kappa shape index (κ2) is 10.9. The lowest BCUT2D eigenvalue weighted by atomic mass is 10.2. The third-order valence-electron chi connectivity index (χ3n) is 3.95. The zero-order chi connectivity index (χ0) is 20.5. The molecule has 0 radical (unpaired) electrons. The van der Waals surface area contributed by atoms with Crippen LogP contribution in [0.4, 0.5) is 0 Å². The van der Waals surface area contributed by atoms with E-state index >= 15 is 0 Å². The van der Waals surface area contributed by atoms with Crippen LogP contribution in [0.25, 0.3) is 0 Å². The van der Waals surface area contributed by atoms with Gasteiger partial charge in [-0.1, -0.05) is 57.9 Å². The molecule has 0 saturated carbocycles. The van der Waals surface area contributed by atoms with Crippen LogP contribution in [-0.2, 0) is 16.1 Å². The third kappa shape index (κ3) is 7.11. The molecule has 6 heteroatoms. The van der Waals surface area contributed by atoms with Gasteiger partial charge in [-0.15, -0.1) is 0 Å². The minimum absolute atomic E-state index is 0.199. The smallest absolute Gasteiger partial charge is 0.306 e. The van der Waals surface area contributed by atoms with E-state index in [0.717, 1.165) is 15.8 Å². The number of para-hydroxylation sites is 1. The first-order valence-electron chi connectivity index (χ1n) is 9.15. The van der Waals surface area contributed by atoms with Crippen molar-refractivity contribution in [3.63, 3.8) is 0 Å². The third-order valence-corrected chi connectivity index (χ3v) is 4.74. The first kappa shape index (κ1) is 21.2. The number of carbonyl (C=O) groups excluding carboxylic acids is 1. The molecule has 0 bridgehead atoms. The van der Waals surface area contributed by atoms with Gasteiger partial charge < -0.3 is 14.2 Å². The van der Waals surface area contributed by atoms with E-state index in [4.69, 9.17) is 25.8 Å². The highest BCUT2D eigenvalue weighted by Gasteiger charge is 2.07. The summed E-state index contributed by atoms with van der Waals surface area (Å²) in [6.07, 6.45) is 0.816. The van der Waals surface area contributed by atoms with Crippen LogP contribution in [0.15, 0.2) is 77.3 Å². The molecule has 0 amide bonds. The van der Waals surface area contributed by atoms with Gasteiger partial charge in [0.1, 0.15) is 23.9 Å². The van der Waals surface area contributed by atoms with Gasteiger partial charge in [-0.2, -0.15) is 0 Å². The Morgan fingerprint density at radius 3 is 2.52 bits per heavy atom. The van der Waals surface area contributed by atoms with Crippen molar-refractivity contribution in [2.24, 2.45) is 0 Å². The normalized spacial score (nSPS) is 10.4. The van der Waals surface area contributed by atoms with E-state index in [1.54, 1.807) is 12.1 Å². The van der Waals surface area contributed by atoms with E-state index in [0.29, 0.717) is 29.5 Å². The van der Waals surface area contributed by atoms with Gasteiger partial charge >= 0.3 is 5.97 Å². The summed E-state index contributed by atoms with van der Waals surface area (Å²) in [5.41, 5.74) is 0.865. The second-order valence-electron chi connectivity index (χ2n) is 6.25. The van der Waals surface area contributed by atoms with Crippen molar-refractivity contribution in [2.75, 3.05) is 6.61 Å². The van der Waals surface area contributed by atoms with Gasteiger partial charge in [-0.05, 0) is 54.4 Å². The largest absolute Gasteiger partial charge is 0.492 e. The second-order valence-corrected chi connectivity index (χ2v) is 7.57. The Bertz CT molecular complexity index is 947. The summed E-state index contributed by atoms with van der Waals surface area (Å²) < 4.78 is 17.6. The van der Waals surface area contributed by atoms with Gasteiger partial charge in [0, 0.05) is 10.9 Å². The minimum atomic E-state index is -0.273. The summed E-state index contributed by atoms with van der Waals surface area (Å²) in [5, 5.41) is 0.527. The quantitative estimate of drug-likeness (QED) is 0.252. The fraction of sp³-hybridized carbons (Fsp3) is 0.174. The Balaban J connectivity index is 1.39. The molecule has 0 aliphatic rings. The molecule has 0 N–H and O–H groups in total. The highest BCUT2D eigenvalue weighted by molar-refractivity contribution is 9.10. The van der Waals surface area contributed by atoms with Gasteiger partial charge in [0.2, 0.25) is 0 Å². The topological polar surface area (TPSA) is 44.8 Å². The summed E-state index contributed by atoms with van der Waals surface area (Å²) >= 11 is 9.44. The van der Waals surface area contributed by atoms with E-state index in [9.17, 15) is 4.79 Å². The first-order chi connectivity index (χ1) is 14.1. The maximum absolute atomic E-state index is 12.0. The molecule has 0 aromatic heterocycles. The van der Waals surface area contributed by atoms with E-state index in [2.05, 4.69) is 15.9 Å². The van der Waals surface area contributed by atoms with Crippen LogP contribution in [0.3, 0.4) is 0 Å². The number of hydrogen-bond donors (Lipinski definition) is 0. The number of carbonyl (C=O) groups is 1. The van der Waals surface area contributed by atoms with E-state index in [-0.39, 0.29) is 19.0 Å². The molecule has 3 rings (SSSR count). The van der Waals surface area contributed by atoms with Crippen LogP contribution in [-0.4, -0.2) is 12.6 Å². The summed E-state index contributed by atoms with van der Waals surface area (Å²) in [4.78, 5) is 12.0. The lowest BCUT2D eigenvalue weighted by Crippen LogP contribution is -2.07. The molecule has 0 saturated heterocycles. The van der Waals surface area contributed by atoms with Gasteiger partial charge in [-0.3, -0.25) is 4.79 Å². The molecule has 0 unspecified atom stereocenters. The molecule has 4 nitrogen and oxygen atoms in total. The molecule has 29 heavy (non-hydrogen) atoms. The zero-order valence-electron chi connectivity index (χ0n) is 15.6. The predicted molar refractivity (Wildman–Crippen MR) is 117 cm³/mol. The highest BCUT2D eigenvalue weighted by atomic mass is 79.9. The van der Waals surface area contributed by atoms with E-state index in [1.807, 2.05) is 60.7 Å². The maximum atomic E-state index is 12.0. The maximum Gasteiger partial charge on any atom is 0.306 e. The minimum Gasteiger partial charge on any atom is -0.492 e. The van der Waals surface area contributed by atoms with E-state index < -0.39 is 0 Å². The van der Waals surface area contributed by atoms with Crippen LogP contribution >= 0.6 is 27.5 Å². The van der Waals surface area contributed by atoms with Gasteiger partial charge in [0.05, 0.1) is 11.6 Å². The summed E-state index contributed by atoms with van der Waals surface area (Å²) in [6.45, 7) is 0.584. The summed E-state index contributed by atoms with van der Waals surface area (Å²) in [6, 6.07) is 22.4. The van der Waals surface area contributed by atoms with Crippen molar-refractivity contribution >= 4 is 33.5 Å². The van der Waals surface area contributed by atoms with Gasteiger partial charge in [0.25, 0.3) is 0 Å². The Kier molecular flexibility index (Phi) is 7.96. The molecule has 0 fully saturated rings. The molecular formula is C23H20BrClO4. The standard InChI is InChI=1S/C23H20BrClO4/c24-18-11-12-22(21(25)15-18)27-13-5-10-23(26)28-16-17-6-4-9-20(14-17)29-19-7-2-1-3-8-19/h1-4,6-9,11-12,14-15H,5,10,13,16H2. The van der Waals surface area contributed by atoms with Crippen molar-refractivity contribution in [1.29, 1.82) is 0 Å². The van der Waals surface area contributed by atoms with Crippen molar-refractivity contribution in [3.05, 3.63) is 87.9 Å². The van der Waals surface area contributed by atoms with Gasteiger partial charge in [0.15, 0.2) is 0 Å². The summed E-state index contributed by atoms with van der Waals surface area (Å²) in [7, 11) is 0. The number of rotatable bonds is 9. The van der Waals surface area contributed by atoms with Crippen molar-refractivity contribution < 1.29 is 19.0 Å². The van der Waals surface area contributed by atoms with Crippen LogP contribution in [0.1, 0.15) is 18.4 Å². The molecule has 150 valence electrons. The molecule has 3 aromatic carbocycles. The first-order valence-corrected chi connectivity index (χ1v) is 10.3. The fourth-order valence-corrected chi connectivity index (χ4v) is 3.28. The van der Waals surface area contributed by atoms with Crippen LogP contribution in [0.2, 0.25) is 5.02 Å². The number of hydrogen-bond acceptors (Lipinski definition) is 4. The molecule has 0 atom stereocenters.